The Hall–Kier alpha value is -1.28. The van der Waals surface area contributed by atoms with E-state index < -0.39 is 0 Å². The maximum Gasteiger partial charge on any atom is 0.184 e. The zero-order chi connectivity index (χ0) is 18.1. The van der Waals surface area contributed by atoms with Gasteiger partial charge in [-0.05, 0) is 36.5 Å². The van der Waals surface area contributed by atoms with Gasteiger partial charge in [0.15, 0.2) is 5.90 Å². The quantitative estimate of drug-likeness (QED) is 0.332. The maximum atomic E-state index is 6.05. The molecule has 0 unspecified atom stereocenters. The van der Waals surface area contributed by atoms with E-state index in [1.165, 1.54) is 31.2 Å². The van der Waals surface area contributed by atoms with E-state index in [9.17, 15) is 0 Å². The van der Waals surface area contributed by atoms with Crippen LogP contribution in [0.1, 0.15) is 70.8 Å². The van der Waals surface area contributed by atoms with Crippen LogP contribution in [0.2, 0.25) is 5.02 Å². The molecule has 0 aromatic heterocycles. The van der Waals surface area contributed by atoms with Gasteiger partial charge >= 0.3 is 0 Å². The molecule has 0 amide bonds. The predicted octanol–water partition coefficient (Wildman–Crippen LogP) is 6.79. The summed E-state index contributed by atoms with van der Waals surface area (Å²) in [7, 11) is 0. The average Bonchev–Trinajstić information content (AvgIpc) is 3.06. The van der Waals surface area contributed by atoms with Crippen LogP contribution in [-0.4, -0.2) is 18.5 Å². The van der Waals surface area contributed by atoms with Gasteiger partial charge in [-0.3, -0.25) is 0 Å². The summed E-state index contributed by atoms with van der Waals surface area (Å²) >= 11 is 6.05. The third-order valence-electron chi connectivity index (χ3n) is 4.79. The van der Waals surface area contributed by atoms with Crippen molar-refractivity contribution in [2.45, 2.75) is 71.3 Å². The summed E-state index contributed by atoms with van der Waals surface area (Å²) in [4.78, 5) is 4.77. The van der Waals surface area contributed by atoms with Gasteiger partial charge in [0.1, 0.15) is 6.61 Å². The first kappa shape index (κ1) is 20.0. The van der Waals surface area contributed by atoms with Crippen molar-refractivity contribution in [2.75, 3.05) is 6.61 Å². The maximum absolute atomic E-state index is 6.05. The Balaban J connectivity index is 2.01. The smallest absolute Gasteiger partial charge is 0.184 e. The van der Waals surface area contributed by atoms with Gasteiger partial charge in [-0.1, -0.05) is 75.9 Å². The molecule has 1 heterocycles. The Morgan fingerprint density at radius 2 is 1.96 bits per heavy atom. The second-order valence-corrected chi connectivity index (χ2v) is 7.72. The molecule has 0 saturated carbocycles. The lowest BCUT2D eigenvalue weighted by Gasteiger charge is -2.13. The van der Waals surface area contributed by atoms with E-state index in [0.29, 0.717) is 17.9 Å². The van der Waals surface area contributed by atoms with Gasteiger partial charge in [-0.25, -0.2) is 4.99 Å². The van der Waals surface area contributed by atoms with Crippen molar-refractivity contribution in [2.24, 2.45) is 10.9 Å². The van der Waals surface area contributed by atoms with E-state index in [1.807, 2.05) is 12.1 Å². The van der Waals surface area contributed by atoms with E-state index in [-0.39, 0.29) is 0 Å². The summed E-state index contributed by atoms with van der Waals surface area (Å²) in [5.41, 5.74) is 1.27. The fourth-order valence-corrected chi connectivity index (χ4v) is 3.16. The highest BCUT2D eigenvalue weighted by Crippen LogP contribution is 2.27. The van der Waals surface area contributed by atoms with Crippen molar-refractivity contribution in [1.29, 1.82) is 0 Å². The molecule has 138 valence electrons. The number of hydrogen-bond acceptors (Lipinski definition) is 2. The largest absolute Gasteiger partial charge is 0.479 e. The third kappa shape index (κ3) is 6.86. The van der Waals surface area contributed by atoms with Gasteiger partial charge in [0.25, 0.3) is 0 Å². The van der Waals surface area contributed by atoms with E-state index in [2.05, 4.69) is 45.1 Å². The first-order chi connectivity index (χ1) is 12.1. The summed E-state index contributed by atoms with van der Waals surface area (Å²) < 4.78 is 5.85. The van der Waals surface area contributed by atoms with E-state index in [0.717, 1.165) is 30.4 Å². The standard InChI is InChI=1S/C22H32ClNO/c1-4-5-6-7-8-9-10-19(18-11-13-20(23)14-12-18)15-22-24-21(16-25-22)17(2)3/h9-14,17,19,21H,4-8,15-16H2,1-3H3/b10-9+/t19-,21-/m1/s1. The van der Waals surface area contributed by atoms with Crippen molar-refractivity contribution in [1.82, 2.24) is 0 Å². The number of benzene rings is 1. The molecule has 2 rings (SSSR count). The molecule has 2 nitrogen and oxygen atoms in total. The number of allylic oxidation sites excluding steroid dienone is 2. The molecule has 1 aromatic rings. The first-order valence-corrected chi connectivity index (χ1v) is 10.1. The first-order valence-electron chi connectivity index (χ1n) is 9.71. The summed E-state index contributed by atoms with van der Waals surface area (Å²) in [6.07, 6.45) is 11.8. The molecule has 0 fully saturated rings. The summed E-state index contributed by atoms with van der Waals surface area (Å²) in [5, 5.41) is 0.778. The van der Waals surface area contributed by atoms with Crippen LogP contribution in [0.3, 0.4) is 0 Å². The van der Waals surface area contributed by atoms with Crippen LogP contribution < -0.4 is 0 Å². The van der Waals surface area contributed by atoms with Gasteiger partial charge in [0, 0.05) is 17.4 Å². The zero-order valence-corrected chi connectivity index (χ0v) is 16.6. The number of nitrogens with zero attached hydrogens (tertiary/aromatic N) is 1. The summed E-state index contributed by atoms with van der Waals surface area (Å²) in [6.45, 7) is 7.38. The van der Waals surface area contributed by atoms with Crippen LogP contribution in [0.5, 0.6) is 0 Å². The summed E-state index contributed by atoms with van der Waals surface area (Å²) in [6, 6.07) is 8.47. The van der Waals surface area contributed by atoms with Crippen molar-refractivity contribution < 1.29 is 4.74 Å². The van der Waals surface area contributed by atoms with Crippen LogP contribution >= 0.6 is 11.6 Å². The SMILES string of the molecule is CCCCCC/C=C/[C@H](CC1=N[C@@H](C(C)C)CO1)c1ccc(Cl)cc1. The Bertz CT molecular complexity index is 562. The lowest BCUT2D eigenvalue weighted by Crippen LogP contribution is -2.13. The molecule has 2 atom stereocenters. The molecule has 3 heteroatoms. The topological polar surface area (TPSA) is 21.6 Å². The van der Waals surface area contributed by atoms with Crippen molar-refractivity contribution >= 4 is 17.5 Å². The fourth-order valence-electron chi connectivity index (χ4n) is 3.04. The number of unbranched alkanes of at least 4 members (excludes halogenated alkanes) is 4. The van der Waals surface area contributed by atoms with Crippen LogP contribution in [0.4, 0.5) is 0 Å². The number of aliphatic imine (C=N–C) groups is 1. The molecule has 25 heavy (non-hydrogen) atoms. The summed E-state index contributed by atoms with van der Waals surface area (Å²) in [5.74, 6) is 1.72. The average molecular weight is 362 g/mol. The Morgan fingerprint density at radius 1 is 1.20 bits per heavy atom. The van der Waals surface area contributed by atoms with E-state index in [1.54, 1.807) is 0 Å². The highest BCUT2D eigenvalue weighted by atomic mass is 35.5. The van der Waals surface area contributed by atoms with Crippen molar-refractivity contribution in [3.05, 3.63) is 47.0 Å². The zero-order valence-electron chi connectivity index (χ0n) is 15.9. The normalized spacial score (nSPS) is 18.6. The molecule has 0 bridgehead atoms. The van der Waals surface area contributed by atoms with Crippen molar-refractivity contribution in [3.8, 4) is 0 Å². The lowest BCUT2D eigenvalue weighted by atomic mass is 9.94. The van der Waals surface area contributed by atoms with Gasteiger partial charge in [0.05, 0.1) is 6.04 Å². The lowest BCUT2D eigenvalue weighted by molar-refractivity contribution is 0.285. The van der Waals surface area contributed by atoms with Gasteiger partial charge in [0.2, 0.25) is 0 Å². The highest BCUT2D eigenvalue weighted by molar-refractivity contribution is 6.30. The molecule has 0 radical (unpaired) electrons. The molecule has 0 saturated heterocycles. The molecule has 0 spiro atoms. The Labute approximate surface area is 158 Å². The molecule has 1 aliphatic heterocycles. The number of rotatable bonds is 10. The van der Waals surface area contributed by atoms with Crippen LogP contribution in [-0.2, 0) is 4.74 Å². The van der Waals surface area contributed by atoms with Crippen LogP contribution in [0, 0.1) is 5.92 Å². The molecular weight excluding hydrogens is 330 g/mol. The minimum atomic E-state index is 0.299. The minimum Gasteiger partial charge on any atom is -0.479 e. The second kappa shape index (κ2) is 10.7. The monoisotopic (exact) mass is 361 g/mol. The molecular formula is C22H32ClNO. The molecule has 1 aliphatic rings. The number of halogens is 1. The third-order valence-corrected chi connectivity index (χ3v) is 5.04. The van der Waals surface area contributed by atoms with E-state index >= 15 is 0 Å². The minimum absolute atomic E-state index is 0.299. The fraction of sp³-hybridized carbons (Fsp3) is 0.591. The van der Waals surface area contributed by atoms with Crippen molar-refractivity contribution in [3.63, 3.8) is 0 Å². The van der Waals surface area contributed by atoms with Gasteiger partial charge in [-0.2, -0.15) is 0 Å². The molecule has 0 aliphatic carbocycles. The highest BCUT2D eigenvalue weighted by Gasteiger charge is 2.23. The second-order valence-electron chi connectivity index (χ2n) is 7.28. The Morgan fingerprint density at radius 3 is 2.60 bits per heavy atom. The number of hydrogen-bond donors (Lipinski definition) is 0. The van der Waals surface area contributed by atoms with Gasteiger partial charge in [-0.15, -0.1) is 0 Å². The van der Waals surface area contributed by atoms with Crippen LogP contribution in [0.15, 0.2) is 41.4 Å². The number of ether oxygens (including phenoxy) is 1. The Kier molecular flexibility index (Phi) is 8.54. The molecule has 1 aromatic carbocycles. The predicted molar refractivity (Wildman–Crippen MR) is 109 cm³/mol. The van der Waals surface area contributed by atoms with E-state index in [4.69, 9.17) is 21.3 Å². The van der Waals surface area contributed by atoms with Crippen LogP contribution in [0.25, 0.3) is 0 Å². The molecule has 0 N–H and O–H groups in total. The van der Waals surface area contributed by atoms with Gasteiger partial charge < -0.3 is 4.74 Å².